The highest BCUT2D eigenvalue weighted by atomic mass is 32.1. The Hall–Kier alpha value is -5.58. The van der Waals surface area contributed by atoms with Crippen molar-refractivity contribution in [2.75, 3.05) is 0 Å². The van der Waals surface area contributed by atoms with Gasteiger partial charge < -0.3 is 0 Å². The van der Waals surface area contributed by atoms with Crippen LogP contribution in [0.2, 0.25) is 0 Å². The summed E-state index contributed by atoms with van der Waals surface area (Å²) in [6.07, 6.45) is 0. The second-order valence-electron chi connectivity index (χ2n) is 11.4. The van der Waals surface area contributed by atoms with Gasteiger partial charge in [0.05, 0.1) is 22.2 Å². The number of aromatic nitrogens is 3. The number of hydrogen-bond acceptors (Lipinski definition) is 3. The van der Waals surface area contributed by atoms with Gasteiger partial charge in [-0.15, -0.1) is 11.3 Å². The van der Waals surface area contributed by atoms with Gasteiger partial charge >= 0.3 is 0 Å². The molecular weight excluding hydrogens is 555 g/mol. The topological polar surface area (TPSA) is 30.7 Å². The Kier molecular flexibility index (Phi) is 4.87. The number of nitrogens with zero attached hydrogens (tertiary/aromatic N) is 3. The predicted molar refractivity (Wildman–Crippen MR) is 187 cm³/mol. The predicted octanol–water partition coefficient (Wildman–Crippen LogP) is 11.1. The van der Waals surface area contributed by atoms with Crippen LogP contribution in [-0.2, 0) is 0 Å². The maximum absolute atomic E-state index is 5.28. The van der Waals surface area contributed by atoms with E-state index in [0.29, 0.717) is 5.95 Å². The zero-order chi connectivity index (χ0) is 28.8. The van der Waals surface area contributed by atoms with Gasteiger partial charge in [0, 0.05) is 41.9 Å². The van der Waals surface area contributed by atoms with Crippen LogP contribution in [0.5, 0.6) is 0 Å². The van der Waals surface area contributed by atoms with E-state index in [4.69, 9.17) is 9.97 Å². The molecule has 0 aliphatic rings. The molecule has 0 radical (unpaired) electrons. The van der Waals surface area contributed by atoms with Crippen molar-refractivity contribution in [2.24, 2.45) is 0 Å². The molecule has 0 atom stereocenters. The van der Waals surface area contributed by atoms with Crippen LogP contribution in [0.4, 0.5) is 0 Å². The Balaban J connectivity index is 1.33. The van der Waals surface area contributed by atoms with E-state index in [-0.39, 0.29) is 0 Å². The molecule has 0 aliphatic carbocycles. The summed E-state index contributed by atoms with van der Waals surface area (Å²) in [7, 11) is 0. The van der Waals surface area contributed by atoms with Crippen molar-refractivity contribution in [2.45, 2.75) is 0 Å². The van der Waals surface area contributed by atoms with Gasteiger partial charge in [0.1, 0.15) is 0 Å². The van der Waals surface area contributed by atoms with Crippen LogP contribution in [0.25, 0.3) is 91.6 Å². The van der Waals surface area contributed by atoms with Gasteiger partial charge in [-0.1, -0.05) is 103 Å². The Bertz CT molecular complexity index is 2770. The first-order valence-electron chi connectivity index (χ1n) is 14.8. The number of benzene rings is 7. The van der Waals surface area contributed by atoms with Crippen molar-refractivity contribution in [3.8, 4) is 17.2 Å². The number of rotatable bonds is 2. The summed E-state index contributed by atoms with van der Waals surface area (Å²) < 4.78 is 4.90. The molecule has 3 heterocycles. The molecule has 10 aromatic rings. The molecule has 0 spiro atoms. The minimum atomic E-state index is 0.680. The van der Waals surface area contributed by atoms with Gasteiger partial charge in [0.25, 0.3) is 0 Å². The first-order chi connectivity index (χ1) is 21.8. The second kappa shape index (κ2) is 8.96. The second-order valence-corrected chi connectivity index (χ2v) is 12.5. The van der Waals surface area contributed by atoms with E-state index in [0.717, 1.165) is 33.2 Å². The maximum Gasteiger partial charge on any atom is 0.235 e. The van der Waals surface area contributed by atoms with E-state index in [1.807, 2.05) is 23.5 Å². The molecule has 7 aromatic carbocycles. The number of para-hydroxylation sites is 2. The SMILES string of the molecule is c1ccc(-c2nc(-n3c4ccccc4c4cc5ccc6c(ccc7sc8ccccc8c76)c5cc43)nc3ccccc23)cc1. The molecule has 0 amide bonds. The first-order valence-corrected chi connectivity index (χ1v) is 15.7. The van der Waals surface area contributed by atoms with Gasteiger partial charge in [0.15, 0.2) is 0 Å². The zero-order valence-corrected chi connectivity index (χ0v) is 24.3. The highest BCUT2D eigenvalue weighted by Gasteiger charge is 2.19. The van der Waals surface area contributed by atoms with Crippen molar-refractivity contribution in [1.82, 2.24) is 14.5 Å². The summed E-state index contributed by atoms with van der Waals surface area (Å²) in [4.78, 5) is 10.4. The van der Waals surface area contributed by atoms with E-state index < -0.39 is 0 Å². The highest BCUT2D eigenvalue weighted by molar-refractivity contribution is 7.26. The Labute approximate surface area is 256 Å². The maximum atomic E-state index is 5.28. The van der Waals surface area contributed by atoms with Gasteiger partial charge in [-0.25, -0.2) is 9.97 Å². The van der Waals surface area contributed by atoms with Gasteiger partial charge in [0.2, 0.25) is 5.95 Å². The summed E-state index contributed by atoms with van der Waals surface area (Å²) in [6.45, 7) is 0. The highest BCUT2D eigenvalue weighted by Crippen LogP contribution is 2.42. The average molecular weight is 578 g/mol. The standard InChI is InChI=1S/C40H23N3S/c1-2-10-24(11-3-1)39-29-13-4-7-15-33(29)41-40(42-39)43-34-16-8-5-12-27(34)32-22-25-18-19-28-26(31(25)23-35(32)43)20-21-37-38(28)30-14-6-9-17-36(30)44-37/h1-23H. The smallest absolute Gasteiger partial charge is 0.235 e. The van der Waals surface area contributed by atoms with Crippen molar-refractivity contribution in [3.63, 3.8) is 0 Å². The van der Waals surface area contributed by atoms with Crippen LogP contribution in [0.1, 0.15) is 0 Å². The molecule has 4 heteroatoms. The fraction of sp³-hybridized carbons (Fsp3) is 0. The largest absolute Gasteiger partial charge is 0.278 e. The zero-order valence-electron chi connectivity index (χ0n) is 23.5. The number of fused-ring (bicyclic) bond motifs is 11. The van der Waals surface area contributed by atoms with Crippen LogP contribution in [0, 0.1) is 0 Å². The molecule has 10 rings (SSSR count). The molecule has 44 heavy (non-hydrogen) atoms. The molecule has 0 bridgehead atoms. The summed E-state index contributed by atoms with van der Waals surface area (Å²) in [5.74, 6) is 0.680. The quantitative estimate of drug-likeness (QED) is 0.191. The van der Waals surface area contributed by atoms with E-state index in [1.165, 1.54) is 52.5 Å². The van der Waals surface area contributed by atoms with Crippen LogP contribution in [-0.4, -0.2) is 14.5 Å². The fourth-order valence-corrected chi connectivity index (χ4v) is 8.14. The molecular formula is C40H23N3S. The third-order valence-corrected chi connectivity index (χ3v) is 10.1. The number of hydrogen-bond donors (Lipinski definition) is 0. The molecule has 0 aliphatic heterocycles. The lowest BCUT2D eigenvalue weighted by atomic mass is 9.97. The molecule has 0 saturated carbocycles. The molecule has 0 saturated heterocycles. The van der Waals surface area contributed by atoms with Gasteiger partial charge in [-0.3, -0.25) is 4.57 Å². The molecule has 3 aromatic heterocycles. The van der Waals surface area contributed by atoms with Crippen molar-refractivity contribution < 1.29 is 0 Å². The van der Waals surface area contributed by atoms with E-state index in [9.17, 15) is 0 Å². The Morgan fingerprint density at radius 3 is 2.11 bits per heavy atom. The Morgan fingerprint density at radius 1 is 0.455 bits per heavy atom. The van der Waals surface area contributed by atoms with E-state index in [1.54, 1.807) is 0 Å². The molecule has 0 N–H and O–H groups in total. The number of thiophene rings is 1. The van der Waals surface area contributed by atoms with Gasteiger partial charge in [-0.2, -0.15) is 0 Å². The molecule has 204 valence electrons. The van der Waals surface area contributed by atoms with Crippen LogP contribution in [0.3, 0.4) is 0 Å². The van der Waals surface area contributed by atoms with Crippen molar-refractivity contribution >= 4 is 85.8 Å². The van der Waals surface area contributed by atoms with Crippen LogP contribution >= 0.6 is 11.3 Å². The average Bonchev–Trinajstić information content (AvgIpc) is 3.63. The summed E-state index contributed by atoms with van der Waals surface area (Å²) in [5, 5.41) is 11.1. The third kappa shape index (κ3) is 3.31. The van der Waals surface area contributed by atoms with E-state index in [2.05, 4.69) is 132 Å². The molecule has 0 unspecified atom stereocenters. The van der Waals surface area contributed by atoms with Crippen LogP contribution < -0.4 is 0 Å². The van der Waals surface area contributed by atoms with Crippen molar-refractivity contribution in [1.29, 1.82) is 0 Å². The lowest BCUT2D eigenvalue weighted by Crippen LogP contribution is -2.03. The third-order valence-electron chi connectivity index (χ3n) is 8.99. The lowest BCUT2D eigenvalue weighted by Gasteiger charge is -2.12. The minimum Gasteiger partial charge on any atom is -0.278 e. The Morgan fingerprint density at radius 2 is 1.20 bits per heavy atom. The van der Waals surface area contributed by atoms with Crippen molar-refractivity contribution in [3.05, 3.63) is 140 Å². The molecule has 0 fully saturated rings. The lowest BCUT2D eigenvalue weighted by molar-refractivity contribution is 1.01. The molecule has 3 nitrogen and oxygen atoms in total. The van der Waals surface area contributed by atoms with E-state index >= 15 is 0 Å². The summed E-state index contributed by atoms with van der Waals surface area (Å²) >= 11 is 1.87. The summed E-state index contributed by atoms with van der Waals surface area (Å²) in [6, 6.07) is 50.0. The summed E-state index contributed by atoms with van der Waals surface area (Å²) in [5.41, 5.74) is 5.16. The van der Waals surface area contributed by atoms with Gasteiger partial charge in [-0.05, 0) is 57.9 Å². The normalized spacial score (nSPS) is 12.1. The van der Waals surface area contributed by atoms with Crippen LogP contribution in [0.15, 0.2) is 140 Å². The first kappa shape index (κ1) is 23.9. The minimum absolute atomic E-state index is 0.680. The fourth-order valence-electron chi connectivity index (χ4n) is 7.02. The monoisotopic (exact) mass is 577 g/mol.